The van der Waals surface area contributed by atoms with Crippen LogP contribution < -0.4 is 5.32 Å². The van der Waals surface area contributed by atoms with Crippen LogP contribution in [0.2, 0.25) is 0 Å². The number of carboxylic acid groups (broad SMARTS) is 1. The highest BCUT2D eigenvalue weighted by atomic mass is 16.4. The molecule has 0 atom stereocenters. The SMILES string of the molecule is CC(C)(CNCCc1cccnc1)CC(=O)O. The van der Waals surface area contributed by atoms with Crippen molar-refractivity contribution in [3.8, 4) is 0 Å². The third-order valence-electron chi connectivity index (χ3n) is 2.55. The van der Waals surface area contributed by atoms with Gasteiger partial charge in [-0.3, -0.25) is 9.78 Å². The molecule has 0 bridgehead atoms. The number of carbonyl (C=O) groups is 1. The Kier molecular flexibility index (Phi) is 5.10. The van der Waals surface area contributed by atoms with Crippen LogP contribution in [0.25, 0.3) is 0 Å². The smallest absolute Gasteiger partial charge is 0.303 e. The number of nitrogens with zero attached hydrogens (tertiary/aromatic N) is 1. The average molecular weight is 236 g/mol. The van der Waals surface area contributed by atoms with Gasteiger partial charge in [0, 0.05) is 18.9 Å². The monoisotopic (exact) mass is 236 g/mol. The van der Waals surface area contributed by atoms with Crippen molar-refractivity contribution in [3.05, 3.63) is 30.1 Å². The van der Waals surface area contributed by atoms with Crippen molar-refractivity contribution in [1.29, 1.82) is 0 Å². The summed E-state index contributed by atoms with van der Waals surface area (Å²) in [5.74, 6) is -0.746. The molecule has 0 unspecified atom stereocenters. The van der Waals surface area contributed by atoms with Crippen molar-refractivity contribution in [2.45, 2.75) is 26.7 Å². The van der Waals surface area contributed by atoms with Crippen LogP contribution >= 0.6 is 0 Å². The van der Waals surface area contributed by atoms with Crippen molar-refractivity contribution in [3.63, 3.8) is 0 Å². The van der Waals surface area contributed by atoms with E-state index in [0.717, 1.165) is 13.0 Å². The van der Waals surface area contributed by atoms with E-state index < -0.39 is 5.97 Å². The summed E-state index contributed by atoms with van der Waals surface area (Å²) in [7, 11) is 0. The van der Waals surface area contributed by atoms with Gasteiger partial charge >= 0.3 is 5.97 Å². The average Bonchev–Trinajstić information content (AvgIpc) is 2.24. The standard InChI is InChI=1S/C13H20N2O2/c1-13(2,8-12(16)17)10-15-7-5-11-4-3-6-14-9-11/h3-4,6,9,15H,5,7-8,10H2,1-2H3,(H,16,17). The molecule has 0 amide bonds. The normalized spacial score (nSPS) is 11.4. The highest BCUT2D eigenvalue weighted by Crippen LogP contribution is 2.18. The number of carboxylic acids is 1. The van der Waals surface area contributed by atoms with E-state index in [1.165, 1.54) is 5.56 Å². The molecule has 0 saturated heterocycles. The van der Waals surface area contributed by atoms with Gasteiger partial charge in [-0.2, -0.15) is 0 Å². The molecule has 0 aliphatic carbocycles. The number of pyridine rings is 1. The Morgan fingerprint density at radius 1 is 1.53 bits per heavy atom. The number of hydrogen-bond donors (Lipinski definition) is 2. The van der Waals surface area contributed by atoms with Crippen molar-refractivity contribution in [2.24, 2.45) is 5.41 Å². The number of nitrogens with one attached hydrogen (secondary N) is 1. The molecule has 0 aliphatic rings. The highest BCUT2D eigenvalue weighted by molar-refractivity contribution is 5.67. The first-order valence-corrected chi connectivity index (χ1v) is 5.81. The topological polar surface area (TPSA) is 62.2 Å². The molecule has 0 radical (unpaired) electrons. The van der Waals surface area contributed by atoms with E-state index in [1.54, 1.807) is 6.20 Å². The Labute approximate surface area is 102 Å². The van der Waals surface area contributed by atoms with Gasteiger partial charge < -0.3 is 10.4 Å². The summed E-state index contributed by atoms with van der Waals surface area (Å²) in [5, 5.41) is 12.0. The predicted octanol–water partition coefficient (Wildman–Crippen LogP) is 1.71. The summed E-state index contributed by atoms with van der Waals surface area (Å²) >= 11 is 0. The number of hydrogen-bond acceptors (Lipinski definition) is 3. The van der Waals surface area contributed by atoms with Crippen LogP contribution in [0, 0.1) is 5.41 Å². The maximum absolute atomic E-state index is 10.6. The van der Waals surface area contributed by atoms with Gasteiger partial charge in [0.1, 0.15) is 0 Å². The molecule has 0 fully saturated rings. The second-order valence-corrected chi connectivity index (χ2v) is 5.02. The van der Waals surface area contributed by atoms with Crippen molar-refractivity contribution >= 4 is 5.97 Å². The summed E-state index contributed by atoms with van der Waals surface area (Å²) in [6.45, 7) is 5.46. The van der Waals surface area contributed by atoms with Crippen LogP contribution in [0.1, 0.15) is 25.8 Å². The lowest BCUT2D eigenvalue weighted by molar-refractivity contribution is -0.139. The maximum atomic E-state index is 10.6. The molecule has 0 saturated carbocycles. The van der Waals surface area contributed by atoms with Crippen LogP contribution in [0.5, 0.6) is 0 Å². The van der Waals surface area contributed by atoms with Crippen molar-refractivity contribution in [2.75, 3.05) is 13.1 Å². The molecule has 0 aromatic carbocycles. The van der Waals surface area contributed by atoms with Gasteiger partial charge in [-0.25, -0.2) is 0 Å². The lowest BCUT2D eigenvalue weighted by atomic mass is 9.89. The first-order valence-electron chi connectivity index (χ1n) is 5.81. The third-order valence-corrected chi connectivity index (χ3v) is 2.55. The Balaban J connectivity index is 2.22. The molecule has 1 rings (SSSR count). The van der Waals surface area contributed by atoms with Crippen LogP contribution in [0.4, 0.5) is 0 Å². The second kappa shape index (κ2) is 6.35. The summed E-state index contributed by atoms with van der Waals surface area (Å²) in [4.78, 5) is 14.7. The van der Waals surface area contributed by atoms with E-state index in [4.69, 9.17) is 5.11 Å². The van der Waals surface area contributed by atoms with Gasteiger partial charge in [-0.05, 0) is 30.0 Å². The van der Waals surface area contributed by atoms with E-state index in [0.29, 0.717) is 6.54 Å². The zero-order valence-electron chi connectivity index (χ0n) is 10.4. The van der Waals surface area contributed by atoms with E-state index in [9.17, 15) is 4.79 Å². The quantitative estimate of drug-likeness (QED) is 0.708. The summed E-state index contributed by atoms with van der Waals surface area (Å²) < 4.78 is 0. The first-order chi connectivity index (χ1) is 7.99. The molecule has 94 valence electrons. The fourth-order valence-electron chi connectivity index (χ4n) is 1.68. The number of aliphatic carboxylic acids is 1. The third kappa shape index (κ3) is 6.02. The second-order valence-electron chi connectivity index (χ2n) is 5.02. The minimum absolute atomic E-state index is 0.187. The minimum Gasteiger partial charge on any atom is -0.481 e. The van der Waals surface area contributed by atoms with Crippen LogP contribution in [-0.2, 0) is 11.2 Å². The molecule has 17 heavy (non-hydrogen) atoms. The molecule has 0 spiro atoms. The van der Waals surface area contributed by atoms with E-state index in [2.05, 4.69) is 10.3 Å². The van der Waals surface area contributed by atoms with Gasteiger partial charge in [0.15, 0.2) is 0 Å². The Hall–Kier alpha value is -1.42. The van der Waals surface area contributed by atoms with Crippen LogP contribution in [-0.4, -0.2) is 29.1 Å². The molecular formula is C13H20N2O2. The number of aromatic nitrogens is 1. The molecular weight excluding hydrogens is 216 g/mol. The zero-order chi connectivity index (χ0) is 12.7. The molecule has 1 aromatic heterocycles. The molecule has 0 aliphatic heterocycles. The van der Waals surface area contributed by atoms with Gasteiger partial charge in [0.05, 0.1) is 6.42 Å². The minimum atomic E-state index is -0.746. The largest absolute Gasteiger partial charge is 0.481 e. The molecule has 4 nitrogen and oxygen atoms in total. The summed E-state index contributed by atoms with van der Waals surface area (Å²) in [6, 6.07) is 3.96. The van der Waals surface area contributed by atoms with Gasteiger partial charge in [0.2, 0.25) is 0 Å². The summed E-state index contributed by atoms with van der Waals surface area (Å²) in [6.07, 6.45) is 4.71. The molecule has 1 aromatic rings. The van der Waals surface area contributed by atoms with Crippen LogP contribution in [0.15, 0.2) is 24.5 Å². The summed E-state index contributed by atoms with van der Waals surface area (Å²) in [5.41, 5.74) is 0.983. The fourth-order valence-corrected chi connectivity index (χ4v) is 1.68. The highest BCUT2D eigenvalue weighted by Gasteiger charge is 2.20. The van der Waals surface area contributed by atoms with Crippen molar-refractivity contribution in [1.82, 2.24) is 10.3 Å². The Bertz CT molecular complexity index is 350. The Morgan fingerprint density at radius 3 is 2.88 bits per heavy atom. The van der Waals surface area contributed by atoms with E-state index in [-0.39, 0.29) is 11.8 Å². The maximum Gasteiger partial charge on any atom is 0.303 e. The van der Waals surface area contributed by atoms with Gasteiger partial charge in [-0.1, -0.05) is 19.9 Å². The Morgan fingerprint density at radius 2 is 2.29 bits per heavy atom. The zero-order valence-corrected chi connectivity index (χ0v) is 10.4. The molecule has 2 N–H and O–H groups in total. The number of rotatable bonds is 7. The van der Waals surface area contributed by atoms with E-state index >= 15 is 0 Å². The lowest BCUT2D eigenvalue weighted by Crippen LogP contribution is -2.32. The molecule has 4 heteroatoms. The first kappa shape index (κ1) is 13.6. The van der Waals surface area contributed by atoms with Crippen LogP contribution in [0.3, 0.4) is 0 Å². The molecule has 1 heterocycles. The van der Waals surface area contributed by atoms with Gasteiger partial charge in [0.25, 0.3) is 0 Å². The lowest BCUT2D eigenvalue weighted by Gasteiger charge is -2.22. The van der Waals surface area contributed by atoms with E-state index in [1.807, 2.05) is 32.2 Å². The van der Waals surface area contributed by atoms with Gasteiger partial charge in [-0.15, -0.1) is 0 Å². The predicted molar refractivity (Wildman–Crippen MR) is 66.8 cm³/mol. The fraction of sp³-hybridized carbons (Fsp3) is 0.538. The van der Waals surface area contributed by atoms with Crippen molar-refractivity contribution < 1.29 is 9.90 Å².